The zero-order valence-corrected chi connectivity index (χ0v) is 10.0. The Hall–Kier alpha value is -0.810. The van der Waals surface area contributed by atoms with Crippen molar-refractivity contribution in [1.82, 2.24) is 9.97 Å². The second kappa shape index (κ2) is 6.63. The number of anilines is 1. The van der Waals surface area contributed by atoms with Gasteiger partial charge in [0, 0.05) is 31.2 Å². The number of nitrogens with two attached hydrogens (primary N) is 1. The predicted molar refractivity (Wildman–Crippen MR) is 63.0 cm³/mol. The van der Waals surface area contributed by atoms with Crippen LogP contribution in [0.3, 0.4) is 0 Å². The molecule has 0 fully saturated rings. The molecule has 2 N–H and O–H groups in total. The molecule has 0 radical (unpaired) electrons. The van der Waals surface area contributed by atoms with Crippen molar-refractivity contribution >= 4 is 17.6 Å². The molecule has 0 saturated heterocycles. The van der Waals surface area contributed by atoms with Crippen LogP contribution in [0.2, 0.25) is 0 Å². The predicted octanol–water partition coefficient (Wildman–Crippen LogP) is 1.89. The van der Waals surface area contributed by atoms with Crippen molar-refractivity contribution in [2.24, 2.45) is 0 Å². The molecule has 0 bridgehead atoms. The summed E-state index contributed by atoms with van der Waals surface area (Å²) in [5, 5.41) is 0.768. The molecule has 0 amide bonds. The normalized spacial score (nSPS) is 10.5. The molecule has 5 heteroatoms. The van der Waals surface area contributed by atoms with Crippen LogP contribution in [0.15, 0.2) is 11.2 Å². The SMILES string of the molecule is COCCCCSc1nc(C)cc(N)n1. The smallest absolute Gasteiger partial charge is 0.189 e. The third kappa shape index (κ3) is 4.99. The van der Waals surface area contributed by atoms with Gasteiger partial charge in [-0.05, 0) is 19.8 Å². The number of thioether (sulfide) groups is 1. The molecular formula is C10H17N3OS. The molecule has 0 saturated carbocycles. The first-order valence-electron chi connectivity index (χ1n) is 4.95. The number of aryl methyl sites for hydroxylation is 1. The van der Waals surface area contributed by atoms with Gasteiger partial charge in [-0.2, -0.15) is 0 Å². The summed E-state index contributed by atoms with van der Waals surface area (Å²) in [5.41, 5.74) is 6.55. The number of hydrogen-bond acceptors (Lipinski definition) is 5. The van der Waals surface area contributed by atoms with Gasteiger partial charge in [0.25, 0.3) is 0 Å². The topological polar surface area (TPSA) is 61.0 Å². The van der Waals surface area contributed by atoms with Crippen LogP contribution >= 0.6 is 11.8 Å². The van der Waals surface area contributed by atoms with E-state index in [0.29, 0.717) is 5.82 Å². The monoisotopic (exact) mass is 227 g/mol. The van der Waals surface area contributed by atoms with Crippen LogP contribution < -0.4 is 5.73 Å². The Morgan fingerprint density at radius 1 is 1.40 bits per heavy atom. The average Bonchev–Trinajstić information content (AvgIpc) is 2.16. The number of unbranched alkanes of at least 4 members (excludes halogenated alkanes) is 1. The Morgan fingerprint density at radius 2 is 2.20 bits per heavy atom. The second-order valence-corrected chi connectivity index (χ2v) is 4.33. The highest BCUT2D eigenvalue weighted by Gasteiger charge is 2.00. The van der Waals surface area contributed by atoms with E-state index in [4.69, 9.17) is 10.5 Å². The molecule has 0 aliphatic rings. The van der Waals surface area contributed by atoms with Gasteiger partial charge < -0.3 is 10.5 Å². The fraction of sp³-hybridized carbons (Fsp3) is 0.600. The number of hydrogen-bond donors (Lipinski definition) is 1. The maximum Gasteiger partial charge on any atom is 0.189 e. The lowest BCUT2D eigenvalue weighted by molar-refractivity contribution is 0.194. The summed E-state index contributed by atoms with van der Waals surface area (Å²) in [7, 11) is 1.72. The van der Waals surface area contributed by atoms with Crippen LogP contribution in [0.4, 0.5) is 5.82 Å². The van der Waals surface area contributed by atoms with Crippen LogP contribution in [-0.2, 0) is 4.74 Å². The third-order valence-electron chi connectivity index (χ3n) is 1.83. The zero-order valence-electron chi connectivity index (χ0n) is 9.19. The Labute approximate surface area is 94.6 Å². The number of methoxy groups -OCH3 is 1. The van der Waals surface area contributed by atoms with Crippen molar-refractivity contribution in [3.63, 3.8) is 0 Å². The molecule has 0 aliphatic heterocycles. The lowest BCUT2D eigenvalue weighted by atomic mass is 10.4. The highest BCUT2D eigenvalue weighted by atomic mass is 32.2. The molecule has 0 aromatic carbocycles. The molecule has 1 aromatic heterocycles. The Balaban J connectivity index is 2.31. The summed E-state index contributed by atoms with van der Waals surface area (Å²) in [6.07, 6.45) is 2.18. The molecule has 0 spiro atoms. The van der Waals surface area contributed by atoms with Gasteiger partial charge in [0.2, 0.25) is 0 Å². The molecule has 0 unspecified atom stereocenters. The first-order chi connectivity index (χ1) is 7.22. The minimum Gasteiger partial charge on any atom is -0.385 e. The fourth-order valence-corrected chi connectivity index (χ4v) is 2.05. The fourth-order valence-electron chi connectivity index (χ4n) is 1.14. The summed E-state index contributed by atoms with van der Waals surface area (Å²) in [5.74, 6) is 1.55. The van der Waals surface area contributed by atoms with E-state index < -0.39 is 0 Å². The number of rotatable bonds is 6. The van der Waals surface area contributed by atoms with Crippen molar-refractivity contribution in [3.8, 4) is 0 Å². The number of ether oxygens (including phenoxy) is 1. The van der Waals surface area contributed by atoms with Gasteiger partial charge in [0.15, 0.2) is 5.16 Å². The Bertz CT molecular complexity index is 286. The van der Waals surface area contributed by atoms with Crippen LogP contribution in [0.5, 0.6) is 0 Å². The van der Waals surface area contributed by atoms with E-state index in [2.05, 4.69) is 9.97 Å². The van der Waals surface area contributed by atoms with Gasteiger partial charge in [-0.25, -0.2) is 9.97 Å². The van der Waals surface area contributed by atoms with Crippen molar-refractivity contribution in [2.75, 3.05) is 25.2 Å². The maximum atomic E-state index is 5.63. The minimum atomic E-state index is 0.543. The van der Waals surface area contributed by atoms with Gasteiger partial charge in [-0.1, -0.05) is 11.8 Å². The first kappa shape index (κ1) is 12.3. The molecular weight excluding hydrogens is 210 g/mol. The van der Waals surface area contributed by atoms with E-state index >= 15 is 0 Å². The van der Waals surface area contributed by atoms with Crippen molar-refractivity contribution in [2.45, 2.75) is 24.9 Å². The van der Waals surface area contributed by atoms with Gasteiger partial charge in [-0.3, -0.25) is 0 Å². The number of nitrogen functional groups attached to an aromatic ring is 1. The summed E-state index contributed by atoms with van der Waals surface area (Å²) in [6, 6.07) is 1.77. The molecule has 0 aliphatic carbocycles. The lowest BCUT2D eigenvalue weighted by Crippen LogP contribution is -1.97. The number of aromatic nitrogens is 2. The molecule has 0 atom stereocenters. The summed E-state index contributed by atoms with van der Waals surface area (Å²) in [4.78, 5) is 8.44. The Kier molecular flexibility index (Phi) is 5.42. The van der Waals surface area contributed by atoms with Gasteiger partial charge in [-0.15, -0.1) is 0 Å². The highest BCUT2D eigenvalue weighted by molar-refractivity contribution is 7.99. The van der Waals surface area contributed by atoms with Crippen molar-refractivity contribution in [1.29, 1.82) is 0 Å². The molecule has 1 heterocycles. The van der Waals surface area contributed by atoms with E-state index in [9.17, 15) is 0 Å². The van der Waals surface area contributed by atoms with Gasteiger partial charge >= 0.3 is 0 Å². The summed E-state index contributed by atoms with van der Waals surface area (Å²) < 4.78 is 4.97. The van der Waals surface area contributed by atoms with E-state index in [1.807, 2.05) is 6.92 Å². The summed E-state index contributed by atoms with van der Waals surface area (Å²) >= 11 is 1.64. The number of nitrogens with zero attached hydrogens (tertiary/aromatic N) is 2. The van der Waals surface area contributed by atoms with Crippen molar-refractivity contribution in [3.05, 3.63) is 11.8 Å². The average molecular weight is 227 g/mol. The standard InChI is InChI=1S/C10H17N3OS/c1-8-7-9(11)13-10(12-8)15-6-4-3-5-14-2/h7H,3-6H2,1-2H3,(H2,11,12,13). The van der Waals surface area contributed by atoms with Crippen LogP contribution in [-0.4, -0.2) is 29.4 Å². The first-order valence-corrected chi connectivity index (χ1v) is 5.94. The van der Waals surface area contributed by atoms with Crippen LogP contribution in [0.1, 0.15) is 18.5 Å². The Morgan fingerprint density at radius 3 is 2.87 bits per heavy atom. The molecule has 1 rings (SSSR count). The maximum absolute atomic E-state index is 5.63. The third-order valence-corrected chi connectivity index (χ3v) is 2.76. The van der Waals surface area contributed by atoms with E-state index in [0.717, 1.165) is 36.1 Å². The highest BCUT2D eigenvalue weighted by Crippen LogP contribution is 2.16. The zero-order chi connectivity index (χ0) is 11.1. The lowest BCUT2D eigenvalue weighted by Gasteiger charge is -2.02. The van der Waals surface area contributed by atoms with Crippen molar-refractivity contribution < 1.29 is 4.74 Å². The largest absolute Gasteiger partial charge is 0.385 e. The quantitative estimate of drug-likeness (QED) is 0.457. The molecule has 15 heavy (non-hydrogen) atoms. The van der Waals surface area contributed by atoms with Crippen LogP contribution in [0.25, 0.3) is 0 Å². The summed E-state index contributed by atoms with van der Waals surface area (Å²) in [6.45, 7) is 2.74. The van der Waals surface area contributed by atoms with Gasteiger partial charge in [0.1, 0.15) is 5.82 Å². The van der Waals surface area contributed by atoms with Gasteiger partial charge in [0.05, 0.1) is 0 Å². The van der Waals surface area contributed by atoms with E-state index in [-0.39, 0.29) is 0 Å². The molecule has 4 nitrogen and oxygen atoms in total. The second-order valence-electron chi connectivity index (χ2n) is 3.27. The minimum absolute atomic E-state index is 0.543. The molecule has 1 aromatic rings. The molecule has 84 valence electrons. The van der Waals surface area contributed by atoms with Crippen LogP contribution in [0, 0.1) is 6.92 Å². The van der Waals surface area contributed by atoms with E-state index in [1.54, 1.807) is 24.9 Å². The van der Waals surface area contributed by atoms with E-state index in [1.165, 1.54) is 0 Å².